The van der Waals surface area contributed by atoms with Gasteiger partial charge in [0.25, 0.3) is 0 Å². The van der Waals surface area contributed by atoms with E-state index >= 15 is 0 Å². The van der Waals surface area contributed by atoms with Crippen molar-refractivity contribution in [1.82, 2.24) is 14.9 Å². The second-order valence-electron chi connectivity index (χ2n) is 5.96. The molecule has 1 rings (SSSR count). The van der Waals surface area contributed by atoms with Gasteiger partial charge in [0.05, 0.1) is 4.90 Å². The third-order valence-electron chi connectivity index (χ3n) is 3.83. The molecule has 0 aliphatic rings. The molecule has 7 nitrogen and oxygen atoms in total. The Bertz CT molecular complexity index is 642. The van der Waals surface area contributed by atoms with E-state index in [0.29, 0.717) is 24.0 Å². The van der Waals surface area contributed by atoms with Crippen molar-refractivity contribution in [2.24, 2.45) is 4.99 Å². The Balaban J connectivity index is 2.62. The number of sulfonamides is 1. The maximum Gasteiger partial charge on any atom is 0.243 e. The van der Waals surface area contributed by atoms with Crippen LogP contribution >= 0.6 is 0 Å². The predicted octanol–water partition coefficient (Wildman–Crippen LogP) is 1.42. The highest BCUT2D eigenvalue weighted by Gasteiger charge is 2.22. The first-order valence-corrected chi connectivity index (χ1v) is 9.77. The van der Waals surface area contributed by atoms with Gasteiger partial charge in [0.15, 0.2) is 5.96 Å². The predicted molar refractivity (Wildman–Crippen MR) is 101 cm³/mol. The number of rotatable bonds is 9. The van der Waals surface area contributed by atoms with Crippen LogP contribution in [0.4, 0.5) is 0 Å². The van der Waals surface area contributed by atoms with E-state index in [4.69, 9.17) is 4.74 Å². The first-order chi connectivity index (χ1) is 11.8. The van der Waals surface area contributed by atoms with Crippen molar-refractivity contribution in [2.75, 3.05) is 34.4 Å². The van der Waals surface area contributed by atoms with Gasteiger partial charge in [-0.2, -0.15) is 4.31 Å². The third-order valence-corrected chi connectivity index (χ3v) is 5.88. The standard InChI is InChI=1S/C17H30N4O3S/c1-14(2)21(4)25(22,23)16-9-7-15(8-10-16)13-20-17(18-3)19-11-6-12-24-5/h7-10,14H,6,11-13H2,1-5H3,(H2,18,19,20). The fourth-order valence-corrected chi connectivity index (χ4v) is 3.42. The molecule has 0 fully saturated rings. The highest BCUT2D eigenvalue weighted by Crippen LogP contribution is 2.17. The Kier molecular flexibility index (Phi) is 8.88. The molecule has 0 amide bonds. The quantitative estimate of drug-likeness (QED) is 0.390. The van der Waals surface area contributed by atoms with Crippen molar-refractivity contribution in [3.05, 3.63) is 29.8 Å². The number of guanidine groups is 1. The average Bonchev–Trinajstić information content (AvgIpc) is 2.60. The Morgan fingerprint density at radius 2 is 1.88 bits per heavy atom. The molecule has 0 bridgehead atoms. The first-order valence-electron chi connectivity index (χ1n) is 8.33. The maximum atomic E-state index is 12.4. The minimum Gasteiger partial charge on any atom is -0.385 e. The van der Waals surface area contributed by atoms with Crippen molar-refractivity contribution in [2.45, 2.75) is 37.8 Å². The van der Waals surface area contributed by atoms with Crippen LogP contribution in [0.2, 0.25) is 0 Å². The number of methoxy groups -OCH3 is 1. The van der Waals surface area contributed by atoms with Crippen LogP contribution in [-0.4, -0.2) is 59.1 Å². The fraction of sp³-hybridized carbons (Fsp3) is 0.588. The maximum absolute atomic E-state index is 12.4. The number of hydrogen-bond donors (Lipinski definition) is 2. The average molecular weight is 371 g/mol. The summed E-state index contributed by atoms with van der Waals surface area (Å²) in [6.07, 6.45) is 0.896. The van der Waals surface area contributed by atoms with Crippen LogP contribution < -0.4 is 10.6 Å². The van der Waals surface area contributed by atoms with Gasteiger partial charge in [-0.3, -0.25) is 4.99 Å². The Labute approximate surface area is 151 Å². The van der Waals surface area contributed by atoms with Gasteiger partial charge >= 0.3 is 0 Å². The second kappa shape index (κ2) is 10.4. The van der Waals surface area contributed by atoms with E-state index in [1.54, 1.807) is 33.3 Å². The van der Waals surface area contributed by atoms with Gasteiger partial charge in [0.1, 0.15) is 0 Å². The molecule has 0 aromatic heterocycles. The summed E-state index contributed by atoms with van der Waals surface area (Å²) in [5.41, 5.74) is 0.978. The smallest absolute Gasteiger partial charge is 0.243 e. The van der Waals surface area contributed by atoms with Gasteiger partial charge in [-0.05, 0) is 38.0 Å². The fourth-order valence-electron chi connectivity index (χ4n) is 2.05. The summed E-state index contributed by atoms with van der Waals surface area (Å²) in [4.78, 5) is 4.45. The van der Waals surface area contributed by atoms with Crippen molar-refractivity contribution in [3.63, 3.8) is 0 Å². The lowest BCUT2D eigenvalue weighted by Crippen LogP contribution is -2.37. The Morgan fingerprint density at radius 1 is 1.24 bits per heavy atom. The van der Waals surface area contributed by atoms with E-state index in [9.17, 15) is 8.42 Å². The summed E-state index contributed by atoms with van der Waals surface area (Å²) in [6.45, 7) is 5.73. The summed E-state index contributed by atoms with van der Waals surface area (Å²) >= 11 is 0. The molecule has 0 atom stereocenters. The summed E-state index contributed by atoms with van der Waals surface area (Å²) in [5, 5.41) is 6.39. The summed E-state index contributed by atoms with van der Waals surface area (Å²) in [6, 6.07) is 6.82. The van der Waals surface area contributed by atoms with Crippen molar-refractivity contribution in [1.29, 1.82) is 0 Å². The third kappa shape index (κ3) is 6.64. The molecule has 0 radical (unpaired) electrons. The van der Waals surface area contributed by atoms with Crippen LogP contribution in [0.25, 0.3) is 0 Å². The van der Waals surface area contributed by atoms with Crippen LogP contribution in [0.3, 0.4) is 0 Å². The van der Waals surface area contributed by atoms with E-state index < -0.39 is 10.0 Å². The topological polar surface area (TPSA) is 83.0 Å². The lowest BCUT2D eigenvalue weighted by Gasteiger charge is -2.21. The van der Waals surface area contributed by atoms with Gasteiger partial charge in [-0.25, -0.2) is 8.42 Å². The molecule has 142 valence electrons. The van der Waals surface area contributed by atoms with Crippen molar-refractivity contribution < 1.29 is 13.2 Å². The molecular formula is C17H30N4O3S. The van der Waals surface area contributed by atoms with Crippen LogP contribution in [-0.2, 0) is 21.3 Å². The summed E-state index contributed by atoms with van der Waals surface area (Å²) < 4.78 is 31.3. The van der Waals surface area contributed by atoms with Crippen LogP contribution in [0.1, 0.15) is 25.8 Å². The largest absolute Gasteiger partial charge is 0.385 e. The first kappa shape index (κ1) is 21.4. The molecule has 1 aromatic rings. The molecule has 8 heteroatoms. The zero-order valence-corrected chi connectivity index (χ0v) is 16.6. The second-order valence-corrected chi connectivity index (χ2v) is 7.96. The molecular weight excluding hydrogens is 340 g/mol. The van der Waals surface area contributed by atoms with E-state index in [2.05, 4.69) is 15.6 Å². The number of nitrogens with one attached hydrogen (secondary N) is 2. The minimum absolute atomic E-state index is 0.0844. The number of ether oxygens (including phenoxy) is 1. The van der Waals surface area contributed by atoms with E-state index in [-0.39, 0.29) is 6.04 Å². The van der Waals surface area contributed by atoms with Gasteiger partial charge in [-0.1, -0.05) is 12.1 Å². The van der Waals surface area contributed by atoms with Crippen LogP contribution in [0.15, 0.2) is 34.2 Å². The zero-order chi connectivity index (χ0) is 18.9. The van der Waals surface area contributed by atoms with E-state index in [1.165, 1.54) is 4.31 Å². The zero-order valence-electron chi connectivity index (χ0n) is 15.7. The monoisotopic (exact) mass is 370 g/mol. The number of hydrogen-bond acceptors (Lipinski definition) is 4. The van der Waals surface area contributed by atoms with Crippen LogP contribution in [0, 0.1) is 0 Å². The molecule has 0 saturated heterocycles. The van der Waals surface area contributed by atoms with Crippen molar-refractivity contribution >= 4 is 16.0 Å². The van der Waals surface area contributed by atoms with Gasteiger partial charge in [0.2, 0.25) is 10.0 Å². The Hall–Kier alpha value is -1.64. The molecule has 1 aromatic carbocycles. The lowest BCUT2D eigenvalue weighted by atomic mass is 10.2. The summed E-state index contributed by atoms with van der Waals surface area (Å²) in [7, 11) is 1.54. The minimum atomic E-state index is -3.44. The highest BCUT2D eigenvalue weighted by atomic mass is 32.2. The van der Waals surface area contributed by atoms with E-state index in [0.717, 1.165) is 18.5 Å². The molecule has 0 aliphatic heterocycles. The normalized spacial score (nSPS) is 12.7. The molecule has 0 unspecified atom stereocenters. The number of aliphatic imine (C=N–C) groups is 1. The van der Waals surface area contributed by atoms with E-state index in [1.807, 2.05) is 26.0 Å². The van der Waals surface area contributed by atoms with Gasteiger partial charge < -0.3 is 15.4 Å². The van der Waals surface area contributed by atoms with Crippen molar-refractivity contribution in [3.8, 4) is 0 Å². The molecule has 0 heterocycles. The van der Waals surface area contributed by atoms with Crippen LogP contribution in [0.5, 0.6) is 0 Å². The number of nitrogens with zero attached hydrogens (tertiary/aromatic N) is 2. The van der Waals surface area contributed by atoms with Gasteiger partial charge in [-0.15, -0.1) is 0 Å². The van der Waals surface area contributed by atoms with Gasteiger partial charge in [0, 0.05) is 46.9 Å². The highest BCUT2D eigenvalue weighted by molar-refractivity contribution is 7.89. The molecule has 0 saturated carbocycles. The molecule has 0 spiro atoms. The SMILES string of the molecule is CN=C(NCCCOC)NCc1ccc(S(=O)(=O)N(C)C(C)C)cc1. The Morgan fingerprint density at radius 3 is 2.40 bits per heavy atom. The summed E-state index contributed by atoms with van der Waals surface area (Å²) in [5.74, 6) is 0.701. The lowest BCUT2D eigenvalue weighted by molar-refractivity contribution is 0.195. The molecule has 2 N–H and O–H groups in total. The number of benzene rings is 1. The molecule has 25 heavy (non-hydrogen) atoms. The molecule has 0 aliphatic carbocycles.